The van der Waals surface area contributed by atoms with Crippen molar-refractivity contribution in [1.82, 2.24) is 15.3 Å². The predicted molar refractivity (Wildman–Crippen MR) is 110 cm³/mol. The Morgan fingerprint density at radius 1 is 1.29 bits per heavy atom. The van der Waals surface area contributed by atoms with Crippen molar-refractivity contribution >= 4 is 39.7 Å². The molecule has 28 heavy (non-hydrogen) atoms. The average molecular weight is 397 g/mol. The van der Waals surface area contributed by atoms with E-state index in [0.29, 0.717) is 23.2 Å². The predicted octanol–water partition coefficient (Wildman–Crippen LogP) is 4.98. The molecule has 1 amide bonds. The van der Waals surface area contributed by atoms with Crippen LogP contribution in [0.3, 0.4) is 0 Å². The fraction of sp³-hybridized carbons (Fsp3) is 0.238. The lowest BCUT2D eigenvalue weighted by Crippen LogP contribution is -2.30. The molecular weight excluding hydrogens is 377 g/mol. The molecule has 4 rings (SSSR count). The first kappa shape index (κ1) is 18.6. The van der Waals surface area contributed by atoms with Gasteiger partial charge in [-0.25, -0.2) is 9.37 Å². The van der Waals surface area contributed by atoms with Gasteiger partial charge in [0.2, 0.25) is 0 Å². The molecule has 0 aliphatic heterocycles. The number of fused-ring (bicyclic) bond motifs is 2. The molecular formula is C21H20FN3O2S. The zero-order chi connectivity index (χ0) is 19.7. The third-order valence-corrected chi connectivity index (χ3v) is 5.42. The van der Waals surface area contributed by atoms with Gasteiger partial charge < -0.3 is 14.7 Å². The van der Waals surface area contributed by atoms with Gasteiger partial charge in [0.1, 0.15) is 5.82 Å². The second kappa shape index (κ2) is 7.67. The van der Waals surface area contributed by atoms with Crippen molar-refractivity contribution < 1.29 is 13.6 Å². The highest BCUT2D eigenvalue weighted by atomic mass is 32.2. The Labute approximate surface area is 165 Å². The molecule has 0 spiro atoms. The molecule has 0 bridgehead atoms. The number of aryl methyl sites for hydroxylation is 1. The van der Waals surface area contributed by atoms with Crippen LogP contribution in [0, 0.1) is 12.7 Å². The fourth-order valence-electron chi connectivity index (χ4n) is 3.30. The lowest BCUT2D eigenvalue weighted by Gasteiger charge is -2.15. The number of nitrogens with zero attached hydrogens (tertiary/aromatic N) is 1. The Hall–Kier alpha value is -2.80. The first-order valence-electron chi connectivity index (χ1n) is 9.00. The Balaban J connectivity index is 1.66. The summed E-state index contributed by atoms with van der Waals surface area (Å²) in [5, 5.41) is 3.61. The van der Waals surface area contributed by atoms with Crippen molar-refractivity contribution in [3.8, 4) is 0 Å². The summed E-state index contributed by atoms with van der Waals surface area (Å²) in [6.07, 6.45) is 2.73. The first-order valence-corrected chi connectivity index (χ1v) is 10.4. The van der Waals surface area contributed by atoms with E-state index in [4.69, 9.17) is 4.42 Å². The third-order valence-electron chi connectivity index (χ3n) is 4.78. The van der Waals surface area contributed by atoms with Crippen LogP contribution in [0.1, 0.15) is 34.4 Å². The molecule has 4 aromatic rings. The van der Waals surface area contributed by atoms with Gasteiger partial charge in [-0.05, 0) is 43.6 Å². The lowest BCUT2D eigenvalue weighted by atomic mass is 10.1. The zero-order valence-electron chi connectivity index (χ0n) is 15.6. The number of rotatable bonds is 6. The molecule has 5 nitrogen and oxygen atoms in total. The van der Waals surface area contributed by atoms with Crippen LogP contribution >= 0.6 is 11.8 Å². The molecule has 0 saturated carbocycles. The monoisotopic (exact) mass is 397 g/mol. The number of thioether (sulfide) groups is 1. The molecule has 2 aromatic carbocycles. The van der Waals surface area contributed by atoms with Crippen LogP contribution in [0.5, 0.6) is 0 Å². The van der Waals surface area contributed by atoms with Crippen molar-refractivity contribution in [1.29, 1.82) is 0 Å². The average Bonchev–Trinajstić information content (AvgIpc) is 3.27. The first-order chi connectivity index (χ1) is 13.6. The highest BCUT2D eigenvalue weighted by Gasteiger charge is 2.24. The zero-order valence-corrected chi connectivity index (χ0v) is 16.4. The van der Waals surface area contributed by atoms with Crippen molar-refractivity contribution in [3.63, 3.8) is 0 Å². The molecule has 2 N–H and O–H groups in total. The SMILES string of the molecule is CSCC[C@@H](NC(=O)c1oc2c(F)cccc2c1C)c1nc2ccccc2[nH]1. The molecule has 0 fully saturated rings. The van der Waals surface area contributed by atoms with Crippen LogP contribution in [-0.2, 0) is 0 Å². The Morgan fingerprint density at radius 2 is 2.11 bits per heavy atom. The molecule has 2 aromatic heterocycles. The third kappa shape index (κ3) is 3.38. The second-order valence-electron chi connectivity index (χ2n) is 6.62. The van der Waals surface area contributed by atoms with E-state index in [1.54, 1.807) is 30.8 Å². The van der Waals surface area contributed by atoms with Crippen LogP contribution in [0.4, 0.5) is 4.39 Å². The number of furan rings is 1. The summed E-state index contributed by atoms with van der Waals surface area (Å²) in [5.41, 5.74) is 2.50. The Kier molecular flexibility index (Phi) is 5.09. The van der Waals surface area contributed by atoms with Crippen molar-refractivity contribution in [2.75, 3.05) is 12.0 Å². The van der Waals surface area contributed by atoms with E-state index in [2.05, 4.69) is 15.3 Å². The maximum atomic E-state index is 14.0. The summed E-state index contributed by atoms with van der Waals surface area (Å²) in [6, 6.07) is 12.1. The minimum Gasteiger partial charge on any atom is -0.448 e. The number of aromatic amines is 1. The summed E-state index contributed by atoms with van der Waals surface area (Å²) in [5.74, 6) is 0.833. The number of imidazole rings is 1. The van der Waals surface area contributed by atoms with E-state index >= 15 is 0 Å². The van der Waals surface area contributed by atoms with Crippen LogP contribution in [-0.4, -0.2) is 27.9 Å². The molecule has 2 heterocycles. The van der Waals surface area contributed by atoms with E-state index < -0.39 is 5.82 Å². The maximum absolute atomic E-state index is 14.0. The number of benzene rings is 2. The van der Waals surface area contributed by atoms with Gasteiger partial charge in [-0.15, -0.1) is 0 Å². The van der Waals surface area contributed by atoms with Crippen LogP contribution in [0.25, 0.3) is 22.0 Å². The molecule has 7 heteroatoms. The van der Waals surface area contributed by atoms with Gasteiger partial charge in [0.15, 0.2) is 17.2 Å². The van der Waals surface area contributed by atoms with E-state index in [9.17, 15) is 9.18 Å². The summed E-state index contributed by atoms with van der Waals surface area (Å²) >= 11 is 1.70. The number of hydrogen-bond acceptors (Lipinski definition) is 4. The van der Waals surface area contributed by atoms with Gasteiger partial charge in [0, 0.05) is 10.9 Å². The van der Waals surface area contributed by atoms with E-state index in [-0.39, 0.29) is 23.3 Å². The molecule has 1 atom stereocenters. The molecule has 0 saturated heterocycles. The minimum absolute atomic E-state index is 0.106. The lowest BCUT2D eigenvalue weighted by molar-refractivity contribution is 0.0907. The van der Waals surface area contributed by atoms with Gasteiger partial charge in [0.25, 0.3) is 5.91 Å². The Bertz CT molecular complexity index is 1120. The number of carbonyl (C=O) groups is 1. The molecule has 144 valence electrons. The van der Waals surface area contributed by atoms with E-state index in [0.717, 1.165) is 16.8 Å². The van der Waals surface area contributed by atoms with Gasteiger partial charge in [-0.2, -0.15) is 11.8 Å². The van der Waals surface area contributed by atoms with Crippen LogP contribution in [0.15, 0.2) is 46.9 Å². The summed E-state index contributed by atoms with van der Waals surface area (Å²) in [6.45, 7) is 1.76. The largest absolute Gasteiger partial charge is 0.448 e. The summed E-state index contributed by atoms with van der Waals surface area (Å²) in [7, 11) is 0. The number of amides is 1. The van der Waals surface area contributed by atoms with Crippen molar-refractivity contribution in [2.45, 2.75) is 19.4 Å². The minimum atomic E-state index is -0.476. The van der Waals surface area contributed by atoms with Gasteiger partial charge in [0.05, 0.1) is 17.1 Å². The van der Waals surface area contributed by atoms with E-state index in [1.807, 2.05) is 30.5 Å². The summed E-state index contributed by atoms with van der Waals surface area (Å²) < 4.78 is 19.6. The maximum Gasteiger partial charge on any atom is 0.287 e. The number of H-pyrrole nitrogens is 1. The van der Waals surface area contributed by atoms with E-state index in [1.165, 1.54) is 6.07 Å². The van der Waals surface area contributed by atoms with Crippen molar-refractivity contribution in [3.05, 3.63) is 65.4 Å². The normalized spacial score (nSPS) is 12.5. The number of para-hydroxylation sites is 3. The smallest absolute Gasteiger partial charge is 0.287 e. The number of hydrogen-bond donors (Lipinski definition) is 2. The number of aromatic nitrogens is 2. The fourth-order valence-corrected chi connectivity index (χ4v) is 3.77. The number of halogens is 1. The number of carbonyl (C=O) groups excluding carboxylic acids is 1. The number of nitrogens with one attached hydrogen (secondary N) is 2. The second-order valence-corrected chi connectivity index (χ2v) is 7.61. The van der Waals surface area contributed by atoms with Gasteiger partial charge >= 0.3 is 0 Å². The van der Waals surface area contributed by atoms with Crippen LogP contribution < -0.4 is 5.32 Å². The van der Waals surface area contributed by atoms with Gasteiger partial charge in [-0.1, -0.05) is 24.3 Å². The summed E-state index contributed by atoms with van der Waals surface area (Å²) in [4.78, 5) is 20.8. The molecule has 0 aliphatic carbocycles. The quantitative estimate of drug-likeness (QED) is 0.481. The van der Waals surface area contributed by atoms with Crippen molar-refractivity contribution in [2.24, 2.45) is 0 Å². The highest BCUT2D eigenvalue weighted by Crippen LogP contribution is 2.28. The van der Waals surface area contributed by atoms with Crippen LogP contribution in [0.2, 0.25) is 0 Å². The highest BCUT2D eigenvalue weighted by molar-refractivity contribution is 7.98. The standard InChI is InChI=1S/C21H20FN3O2S/c1-12-13-6-5-7-14(22)19(13)27-18(12)21(26)25-17(10-11-28-2)20-23-15-8-3-4-9-16(15)24-20/h3-9,17H,10-11H2,1-2H3,(H,23,24)(H,25,26)/t17-/m1/s1. The molecule has 0 unspecified atom stereocenters. The Morgan fingerprint density at radius 3 is 2.86 bits per heavy atom. The molecule has 0 radical (unpaired) electrons. The molecule has 0 aliphatic rings. The van der Waals surface area contributed by atoms with Gasteiger partial charge in [-0.3, -0.25) is 4.79 Å². The topological polar surface area (TPSA) is 70.9 Å².